The minimum absolute atomic E-state index is 0.0444. The normalized spacial score (nSPS) is 16.7. The summed E-state index contributed by atoms with van der Waals surface area (Å²) in [6.07, 6.45) is 1.84. The summed E-state index contributed by atoms with van der Waals surface area (Å²) in [6.45, 7) is 10.5. The molecule has 0 atom stereocenters. The number of hydrogen-bond acceptors (Lipinski definition) is 4. The lowest BCUT2D eigenvalue weighted by Crippen LogP contribution is -2.44. The Morgan fingerprint density at radius 3 is 2.38 bits per heavy atom. The van der Waals surface area contributed by atoms with Crippen molar-refractivity contribution < 1.29 is 0 Å². The molecular formula is C15H25N5S. The Bertz CT molecular complexity index is 472. The van der Waals surface area contributed by atoms with Crippen LogP contribution in [0, 0.1) is 0 Å². The van der Waals surface area contributed by atoms with Gasteiger partial charge in [0.15, 0.2) is 5.11 Å². The third-order valence-corrected chi connectivity index (χ3v) is 3.53. The van der Waals surface area contributed by atoms with Crippen LogP contribution in [0.4, 0.5) is 11.5 Å². The van der Waals surface area contributed by atoms with Crippen molar-refractivity contribution >= 4 is 28.8 Å². The van der Waals surface area contributed by atoms with Crippen molar-refractivity contribution in [1.29, 1.82) is 0 Å². The minimum Gasteiger partial charge on any atom is -0.358 e. The SMILES string of the molecule is CN1CCN(c2ccc(NC(=S)NC(C)(C)C)cn2)CC1. The van der Waals surface area contributed by atoms with Crippen molar-refractivity contribution in [3.63, 3.8) is 0 Å². The molecule has 0 amide bonds. The number of piperazine rings is 1. The molecular weight excluding hydrogens is 282 g/mol. The zero-order valence-corrected chi connectivity index (χ0v) is 14.1. The van der Waals surface area contributed by atoms with Crippen LogP contribution in [0.5, 0.6) is 0 Å². The third-order valence-electron chi connectivity index (χ3n) is 3.32. The van der Waals surface area contributed by atoms with Gasteiger partial charge in [0.2, 0.25) is 0 Å². The largest absolute Gasteiger partial charge is 0.358 e. The number of nitrogens with zero attached hydrogens (tertiary/aromatic N) is 3. The summed E-state index contributed by atoms with van der Waals surface area (Å²) in [5, 5.41) is 7.02. The van der Waals surface area contributed by atoms with Crippen molar-refractivity contribution in [2.45, 2.75) is 26.3 Å². The first-order valence-corrected chi connectivity index (χ1v) is 7.73. The molecule has 0 saturated carbocycles. The monoisotopic (exact) mass is 307 g/mol. The maximum absolute atomic E-state index is 5.29. The highest BCUT2D eigenvalue weighted by molar-refractivity contribution is 7.80. The zero-order valence-electron chi connectivity index (χ0n) is 13.3. The number of hydrogen-bond donors (Lipinski definition) is 2. The van der Waals surface area contributed by atoms with Crippen molar-refractivity contribution in [2.75, 3.05) is 43.4 Å². The van der Waals surface area contributed by atoms with Crippen LogP contribution >= 0.6 is 12.2 Å². The van der Waals surface area contributed by atoms with Gasteiger partial charge in [0.1, 0.15) is 5.82 Å². The lowest BCUT2D eigenvalue weighted by Gasteiger charge is -2.33. The second-order valence-corrected chi connectivity index (χ2v) is 6.93. The molecule has 1 aliphatic heterocycles. The van der Waals surface area contributed by atoms with Crippen LogP contribution in [0.2, 0.25) is 0 Å². The highest BCUT2D eigenvalue weighted by Crippen LogP contribution is 2.16. The summed E-state index contributed by atoms with van der Waals surface area (Å²) < 4.78 is 0. The Morgan fingerprint density at radius 1 is 1.19 bits per heavy atom. The van der Waals surface area contributed by atoms with E-state index in [0.29, 0.717) is 5.11 Å². The van der Waals surface area contributed by atoms with E-state index in [1.807, 2.05) is 18.3 Å². The van der Waals surface area contributed by atoms with E-state index < -0.39 is 0 Å². The smallest absolute Gasteiger partial charge is 0.171 e. The lowest BCUT2D eigenvalue weighted by molar-refractivity contribution is 0.312. The van der Waals surface area contributed by atoms with Gasteiger partial charge in [0, 0.05) is 31.7 Å². The number of rotatable bonds is 2. The molecule has 0 aromatic carbocycles. The predicted octanol–water partition coefficient (Wildman–Crippen LogP) is 1.92. The second kappa shape index (κ2) is 6.58. The van der Waals surface area contributed by atoms with Gasteiger partial charge in [-0.3, -0.25) is 0 Å². The molecule has 1 aliphatic rings. The molecule has 0 bridgehead atoms. The standard InChI is InChI=1S/C15H25N5S/c1-15(2,3)18-14(21)17-12-5-6-13(16-11-12)20-9-7-19(4)8-10-20/h5-6,11H,7-10H2,1-4H3,(H2,17,18,21). The van der Waals surface area contributed by atoms with E-state index in [1.165, 1.54) is 0 Å². The van der Waals surface area contributed by atoms with Crippen molar-refractivity contribution in [3.8, 4) is 0 Å². The molecule has 116 valence electrons. The fourth-order valence-electron chi connectivity index (χ4n) is 2.19. The fraction of sp³-hybridized carbons (Fsp3) is 0.600. The van der Waals surface area contributed by atoms with Crippen LogP contribution in [0.15, 0.2) is 18.3 Å². The zero-order chi connectivity index (χ0) is 15.5. The molecule has 1 saturated heterocycles. The number of nitrogens with one attached hydrogen (secondary N) is 2. The minimum atomic E-state index is -0.0444. The van der Waals surface area contributed by atoms with E-state index in [1.54, 1.807) is 0 Å². The molecule has 0 unspecified atom stereocenters. The van der Waals surface area contributed by atoms with Gasteiger partial charge in [-0.2, -0.15) is 0 Å². The van der Waals surface area contributed by atoms with E-state index in [0.717, 1.165) is 37.7 Å². The van der Waals surface area contributed by atoms with Crippen molar-refractivity contribution in [2.24, 2.45) is 0 Å². The second-order valence-electron chi connectivity index (χ2n) is 6.52. The van der Waals surface area contributed by atoms with Gasteiger partial charge in [-0.1, -0.05) is 0 Å². The molecule has 0 radical (unpaired) electrons. The molecule has 0 spiro atoms. The van der Waals surface area contributed by atoms with E-state index in [9.17, 15) is 0 Å². The summed E-state index contributed by atoms with van der Waals surface area (Å²) in [6, 6.07) is 4.07. The van der Waals surface area contributed by atoms with Crippen LogP contribution in [0.1, 0.15) is 20.8 Å². The van der Waals surface area contributed by atoms with E-state index >= 15 is 0 Å². The van der Waals surface area contributed by atoms with Gasteiger partial charge in [0.05, 0.1) is 11.9 Å². The van der Waals surface area contributed by atoms with Crippen LogP contribution in [0.3, 0.4) is 0 Å². The van der Waals surface area contributed by atoms with Crippen LogP contribution < -0.4 is 15.5 Å². The first-order valence-electron chi connectivity index (χ1n) is 7.32. The molecule has 0 aliphatic carbocycles. The lowest BCUT2D eigenvalue weighted by atomic mass is 10.1. The summed E-state index contributed by atoms with van der Waals surface area (Å²) in [5.74, 6) is 1.03. The third kappa shape index (κ3) is 5.13. The Kier molecular flexibility index (Phi) is 5.00. The summed E-state index contributed by atoms with van der Waals surface area (Å²) in [7, 11) is 2.15. The quantitative estimate of drug-likeness (QED) is 0.814. The van der Waals surface area contributed by atoms with Crippen molar-refractivity contribution in [3.05, 3.63) is 18.3 Å². The van der Waals surface area contributed by atoms with E-state index in [-0.39, 0.29) is 5.54 Å². The Hall–Kier alpha value is -1.40. The Morgan fingerprint density at radius 2 is 1.86 bits per heavy atom. The van der Waals surface area contributed by atoms with Gasteiger partial charge in [-0.25, -0.2) is 4.98 Å². The van der Waals surface area contributed by atoms with Crippen LogP contribution in [-0.4, -0.2) is 53.8 Å². The maximum Gasteiger partial charge on any atom is 0.171 e. The Labute approximate surface area is 132 Å². The van der Waals surface area contributed by atoms with Crippen LogP contribution in [-0.2, 0) is 0 Å². The summed E-state index contributed by atoms with van der Waals surface area (Å²) in [4.78, 5) is 9.19. The number of thiocarbonyl (C=S) groups is 1. The number of aromatic nitrogens is 1. The van der Waals surface area contributed by atoms with Gasteiger partial charge in [0.25, 0.3) is 0 Å². The van der Waals surface area contributed by atoms with Gasteiger partial charge >= 0.3 is 0 Å². The number of pyridine rings is 1. The molecule has 1 aromatic rings. The predicted molar refractivity (Wildman–Crippen MR) is 93.1 cm³/mol. The van der Waals surface area contributed by atoms with Gasteiger partial charge in [-0.15, -0.1) is 0 Å². The average molecular weight is 307 g/mol. The number of likely N-dealkylation sites (N-methyl/N-ethyl adjacent to an activating group) is 1. The maximum atomic E-state index is 5.29. The van der Waals surface area contributed by atoms with Gasteiger partial charge < -0.3 is 20.4 Å². The summed E-state index contributed by atoms with van der Waals surface area (Å²) in [5.41, 5.74) is 0.867. The molecule has 1 aromatic heterocycles. The van der Waals surface area contributed by atoms with Gasteiger partial charge in [-0.05, 0) is 52.2 Å². The van der Waals surface area contributed by atoms with Crippen molar-refractivity contribution in [1.82, 2.24) is 15.2 Å². The first-order chi connectivity index (χ1) is 9.83. The van der Waals surface area contributed by atoms with Crippen LogP contribution in [0.25, 0.3) is 0 Å². The van der Waals surface area contributed by atoms with E-state index in [2.05, 4.69) is 53.2 Å². The molecule has 1 fully saturated rings. The molecule has 6 heteroatoms. The molecule has 21 heavy (non-hydrogen) atoms. The highest BCUT2D eigenvalue weighted by atomic mass is 32.1. The highest BCUT2D eigenvalue weighted by Gasteiger charge is 2.15. The topological polar surface area (TPSA) is 43.4 Å². The Balaban J connectivity index is 1.91. The molecule has 2 rings (SSSR count). The summed E-state index contributed by atoms with van der Waals surface area (Å²) >= 11 is 5.29. The van der Waals surface area contributed by atoms with E-state index in [4.69, 9.17) is 12.2 Å². The fourth-order valence-corrected chi connectivity index (χ4v) is 2.61. The average Bonchev–Trinajstić information content (AvgIpc) is 2.38. The first kappa shape index (κ1) is 16.0. The number of anilines is 2. The molecule has 5 nitrogen and oxygen atoms in total. The molecule has 2 heterocycles. The molecule has 2 N–H and O–H groups in total.